The van der Waals surface area contributed by atoms with Crippen LogP contribution < -0.4 is 9.47 Å². The molecular formula is C25H32F2N2O4. The molecule has 1 aliphatic rings. The average Bonchev–Trinajstić information content (AvgIpc) is 2.75. The Balaban J connectivity index is 1.62. The van der Waals surface area contributed by atoms with Gasteiger partial charge in [-0.2, -0.15) is 8.78 Å². The SMILES string of the molecule is CCOc1cc(CN(C)C(=O)c2ccc(CN3CC(C)OC(C)C3)cc2)ccc1OC(F)F. The lowest BCUT2D eigenvalue weighted by Gasteiger charge is -2.35. The largest absolute Gasteiger partial charge is 0.490 e. The van der Waals surface area contributed by atoms with E-state index in [0.717, 1.165) is 30.8 Å². The highest BCUT2D eigenvalue weighted by Crippen LogP contribution is 2.30. The molecule has 8 heteroatoms. The normalized spacial score (nSPS) is 18.9. The Hall–Kier alpha value is -2.71. The van der Waals surface area contributed by atoms with Crippen LogP contribution in [0.2, 0.25) is 0 Å². The summed E-state index contributed by atoms with van der Waals surface area (Å²) >= 11 is 0. The average molecular weight is 463 g/mol. The van der Waals surface area contributed by atoms with E-state index in [1.54, 1.807) is 31.0 Å². The Morgan fingerprint density at radius 1 is 1.09 bits per heavy atom. The first-order valence-electron chi connectivity index (χ1n) is 11.2. The van der Waals surface area contributed by atoms with Crippen molar-refractivity contribution >= 4 is 5.91 Å². The fourth-order valence-corrected chi connectivity index (χ4v) is 4.10. The summed E-state index contributed by atoms with van der Waals surface area (Å²) in [6, 6.07) is 12.4. The van der Waals surface area contributed by atoms with Crippen LogP contribution in [-0.2, 0) is 17.8 Å². The Morgan fingerprint density at radius 3 is 2.33 bits per heavy atom. The fourth-order valence-electron chi connectivity index (χ4n) is 4.10. The molecule has 6 nitrogen and oxygen atoms in total. The standard InChI is InChI=1S/C25H32F2N2O4/c1-5-31-23-12-20(8-11-22(23)33-25(26)27)15-28(4)24(30)21-9-6-19(7-10-21)16-29-13-17(2)32-18(3)14-29/h6-12,17-18,25H,5,13-16H2,1-4H3. The molecule has 0 N–H and O–H groups in total. The van der Waals surface area contributed by atoms with E-state index in [0.29, 0.717) is 18.7 Å². The Labute approximate surface area is 194 Å². The van der Waals surface area contributed by atoms with E-state index >= 15 is 0 Å². The van der Waals surface area contributed by atoms with Crippen LogP contribution in [0.4, 0.5) is 8.78 Å². The van der Waals surface area contributed by atoms with Gasteiger partial charge in [0, 0.05) is 38.8 Å². The van der Waals surface area contributed by atoms with Crippen LogP contribution in [0.3, 0.4) is 0 Å². The Bertz CT molecular complexity index is 913. The number of hydrogen-bond acceptors (Lipinski definition) is 5. The Morgan fingerprint density at radius 2 is 1.73 bits per heavy atom. The number of morpholine rings is 1. The zero-order chi connectivity index (χ0) is 24.0. The number of alkyl halides is 2. The van der Waals surface area contributed by atoms with Crippen molar-refractivity contribution in [1.82, 2.24) is 9.80 Å². The van der Waals surface area contributed by atoms with Gasteiger partial charge in [0.15, 0.2) is 11.5 Å². The quantitative estimate of drug-likeness (QED) is 0.547. The molecule has 1 heterocycles. The topological polar surface area (TPSA) is 51.2 Å². The number of rotatable bonds is 9. The maximum absolute atomic E-state index is 12.9. The summed E-state index contributed by atoms with van der Waals surface area (Å²) in [5.41, 5.74) is 2.49. The van der Waals surface area contributed by atoms with Crippen LogP contribution in [0.1, 0.15) is 42.3 Å². The van der Waals surface area contributed by atoms with Crippen molar-refractivity contribution in [2.24, 2.45) is 0 Å². The highest BCUT2D eigenvalue weighted by Gasteiger charge is 2.22. The molecule has 0 aromatic heterocycles. The highest BCUT2D eigenvalue weighted by atomic mass is 19.3. The lowest BCUT2D eigenvalue weighted by Crippen LogP contribution is -2.44. The van der Waals surface area contributed by atoms with Gasteiger partial charge in [-0.05, 0) is 56.2 Å². The van der Waals surface area contributed by atoms with Crippen molar-refractivity contribution in [2.75, 3.05) is 26.7 Å². The van der Waals surface area contributed by atoms with Crippen LogP contribution >= 0.6 is 0 Å². The Kier molecular flexibility index (Phi) is 8.63. The number of benzene rings is 2. The smallest absolute Gasteiger partial charge is 0.387 e. The van der Waals surface area contributed by atoms with Gasteiger partial charge in [0.25, 0.3) is 5.91 Å². The first kappa shape index (κ1) is 24.9. The van der Waals surface area contributed by atoms with Gasteiger partial charge in [-0.3, -0.25) is 9.69 Å². The number of carbonyl (C=O) groups excluding carboxylic acids is 1. The summed E-state index contributed by atoms with van der Waals surface area (Å²) in [4.78, 5) is 16.8. The molecule has 2 unspecified atom stereocenters. The number of halogens is 2. The van der Waals surface area contributed by atoms with Gasteiger partial charge in [0.1, 0.15) is 0 Å². The molecule has 0 aliphatic carbocycles. The summed E-state index contributed by atoms with van der Waals surface area (Å²) in [6.45, 7) is 6.20. The number of ether oxygens (including phenoxy) is 3. The van der Waals surface area contributed by atoms with Gasteiger partial charge >= 0.3 is 6.61 Å². The molecular weight excluding hydrogens is 430 g/mol. The van der Waals surface area contributed by atoms with Crippen molar-refractivity contribution in [1.29, 1.82) is 0 Å². The molecule has 0 radical (unpaired) electrons. The molecule has 33 heavy (non-hydrogen) atoms. The molecule has 0 saturated carbocycles. The third kappa shape index (κ3) is 7.14. The summed E-state index contributed by atoms with van der Waals surface area (Å²) in [6.07, 6.45) is 0.421. The molecule has 1 fully saturated rings. The molecule has 180 valence electrons. The van der Waals surface area contributed by atoms with E-state index in [-0.39, 0.29) is 29.6 Å². The van der Waals surface area contributed by atoms with Crippen LogP contribution in [0.15, 0.2) is 42.5 Å². The van der Waals surface area contributed by atoms with Gasteiger partial charge in [0.05, 0.1) is 18.8 Å². The van der Waals surface area contributed by atoms with Gasteiger partial charge in [-0.15, -0.1) is 0 Å². The van der Waals surface area contributed by atoms with Gasteiger partial charge in [-0.25, -0.2) is 0 Å². The summed E-state index contributed by atoms with van der Waals surface area (Å²) < 4.78 is 40.9. The molecule has 0 spiro atoms. The van der Waals surface area contributed by atoms with E-state index in [2.05, 4.69) is 23.5 Å². The van der Waals surface area contributed by atoms with Gasteiger partial charge < -0.3 is 19.1 Å². The molecule has 2 aromatic rings. The van der Waals surface area contributed by atoms with Crippen molar-refractivity contribution in [3.05, 3.63) is 59.2 Å². The van der Waals surface area contributed by atoms with E-state index in [1.807, 2.05) is 24.3 Å². The van der Waals surface area contributed by atoms with Crippen molar-refractivity contribution in [3.8, 4) is 11.5 Å². The molecule has 0 bridgehead atoms. The summed E-state index contributed by atoms with van der Waals surface area (Å²) in [7, 11) is 1.71. The van der Waals surface area contributed by atoms with Crippen LogP contribution in [0.25, 0.3) is 0 Å². The molecule has 1 aliphatic heterocycles. The second-order valence-electron chi connectivity index (χ2n) is 8.40. The molecule has 3 rings (SSSR count). The maximum Gasteiger partial charge on any atom is 0.387 e. The summed E-state index contributed by atoms with van der Waals surface area (Å²) in [5, 5.41) is 0. The van der Waals surface area contributed by atoms with Crippen LogP contribution in [-0.4, -0.2) is 61.3 Å². The van der Waals surface area contributed by atoms with Crippen LogP contribution in [0.5, 0.6) is 11.5 Å². The second-order valence-corrected chi connectivity index (χ2v) is 8.40. The minimum atomic E-state index is -2.93. The molecule has 1 saturated heterocycles. The van der Waals surface area contributed by atoms with E-state index < -0.39 is 6.61 Å². The number of nitrogens with zero attached hydrogens (tertiary/aromatic N) is 2. The summed E-state index contributed by atoms with van der Waals surface area (Å²) in [5.74, 6) is 0.0810. The first-order chi connectivity index (χ1) is 15.7. The lowest BCUT2D eigenvalue weighted by atomic mass is 10.1. The second kappa shape index (κ2) is 11.4. The number of amides is 1. The predicted molar refractivity (Wildman–Crippen MR) is 122 cm³/mol. The lowest BCUT2D eigenvalue weighted by molar-refractivity contribution is -0.0704. The van der Waals surface area contributed by atoms with Crippen molar-refractivity contribution < 1.29 is 27.8 Å². The predicted octanol–water partition coefficient (Wildman–Crippen LogP) is 4.57. The zero-order valence-electron chi connectivity index (χ0n) is 19.6. The zero-order valence-corrected chi connectivity index (χ0v) is 19.6. The monoisotopic (exact) mass is 462 g/mol. The molecule has 2 atom stereocenters. The van der Waals surface area contributed by atoms with Crippen molar-refractivity contribution in [3.63, 3.8) is 0 Å². The highest BCUT2D eigenvalue weighted by molar-refractivity contribution is 5.94. The van der Waals surface area contributed by atoms with E-state index in [9.17, 15) is 13.6 Å². The van der Waals surface area contributed by atoms with E-state index in [1.165, 1.54) is 6.07 Å². The van der Waals surface area contributed by atoms with Gasteiger partial charge in [0.2, 0.25) is 0 Å². The number of hydrogen-bond donors (Lipinski definition) is 0. The third-order valence-electron chi connectivity index (χ3n) is 5.39. The van der Waals surface area contributed by atoms with Crippen molar-refractivity contribution in [2.45, 2.75) is 52.7 Å². The van der Waals surface area contributed by atoms with Crippen LogP contribution in [0, 0.1) is 0 Å². The first-order valence-corrected chi connectivity index (χ1v) is 11.2. The molecule has 2 aromatic carbocycles. The fraction of sp³-hybridized carbons (Fsp3) is 0.480. The minimum Gasteiger partial charge on any atom is -0.490 e. The third-order valence-corrected chi connectivity index (χ3v) is 5.39. The minimum absolute atomic E-state index is 0.0239. The van der Waals surface area contributed by atoms with Gasteiger partial charge in [-0.1, -0.05) is 18.2 Å². The van der Waals surface area contributed by atoms with E-state index in [4.69, 9.17) is 9.47 Å². The number of carbonyl (C=O) groups is 1. The molecule has 1 amide bonds. The maximum atomic E-state index is 12.9.